The molecule has 1 atom stereocenters. The first-order valence-corrected chi connectivity index (χ1v) is 9.06. The monoisotopic (exact) mass is 377 g/mol. The van der Waals surface area contributed by atoms with Crippen LogP contribution in [0.1, 0.15) is 24.1 Å². The molecule has 0 spiro atoms. The first-order chi connectivity index (χ1) is 13.6. The van der Waals surface area contributed by atoms with E-state index in [2.05, 4.69) is 20.7 Å². The lowest BCUT2D eigenvalue weighted by Crippen LogP contribution is -2.41. The Morgan fingerprint density at radius 2 is 2.00 bits per heavy atom. The highest BCUT2D eigenvalue weighted by molar-refractivity contribution is 5.91. The molecule has 2 amide bonds. The van der Waals surface area contributed by atoms with E-state index in [1.54, 1.807) is 30.6 Å². The quantitative estimate of drug-likeness (QED) is 0.682. The molecular formula is C20H19N5O3. The normalized spacial score (nSPS) is 16.1. The average Bonchev–Trinajstić information content (AvgIpc) is 3.16. The van der Waals surface area contributed by atoms with Crippen LogP contribution in [0.25, 0.3) is 10.8 Å². The number of carbonyl (C=O) groups excluding carboxylic acids is 2. The third kappa shape index (κ3) is 3.62. The fourth-order valence-electron chi connectivity index (χ4n) is 3.31. The van der Waals surface area contributed by atoms with E-state index in [4.69, 9.17) is 0 Å². The Kier molecular flexibility index (Phi) is 4.84. The van der Waals surface area contributed by atoms with Crippen LogP contribution in [-0.2, 0) is 22.7 Å². The summed E-state index contributed by atoms with van der Waals surface area (Å²) in [5, 5.41) is 11.2. The Morgan fingerprint density at radius 3 is 2.71 bits per heavy atom. The second-order valence-corrected chi connectivity index (χ2v) is 6.69. The zero-order chi connectivity index (χ0) is 19.5. The highest BCUT2D eigenvalue weighted by Crippen LogP contribution is 2.14. The van der Waals surface area contributed by atoms with Crippen molar-refractivity contribution in [1.82, 2.24) is 25.4 Å². The third-order valence-corrected chi connectivity index (χ3v) is 4.74. The van der Waals surface area contributed by atoms with E-state index in [0.717, 1.165) is 5.56 Å². The van der Waals surface area contributed by atoms with Gasteiger partial charge in [-0.1, -0.05) is 24.3 Å². The van der Waals surface area contributed by atoms with Crippen molar-refractivity contribution in [2.75, 3.05) is 0 Å². The van der Waals surface area contributed by atoms with Crippen LogP contribution in [0.15, 0.2) is 53.6 Å². The summed E-state index contributed by atoms with van der Waals surface area (Å²) in [5.41, 5.74) is 1.25. The lowest BCUT2D eigenvalue weighted by Gasteiger charge is -2.14. The van der Waals surface area contributed by atoms with Crippen molar-refractivity contribution in [2.24, 2.45) is 0 Å². The molecule has 0 bridgehead atoms. The molecule has 1 aromatic carbocycles. The van der Waals surface area contributed by atoms with E-state index in [1.807, 2.05) is 18.2 Å². The maximum Gasteiger partial charge on any atom is 0.274 e. The molecule has 3 aromatic rings. The van der Waals surface area contributed by atoms with Crippen LogP contribution in [0.5, 0.6) is 0 Å². The first-order valence-electron chi connectivity index (χ1n) is 9.06. The van der Waals surface area contributed by atoms with Crippen molar-refractivity contribution in [2.45, 2.75) is 32.0 Å². The van der Waals surface area contributed by atoms with E-state index >= 15 is 0 Å². The van der Waals surface area contributed by atoms with Gasteiger partial charge in [-0.05, 0) is 24.1 Å². The first kappa shape index (κ1) is 17.8. The van der Waals surface area contributed by atoms with Gasteiger partial charge in [0.05, 0.1) is 24.2 Å². The summed E-state index contributed by atoms with van der Waals surface area (Å²) >= 11 is 0. The average molecular weight is 377 g/mol. The van der Waals surface area contributed by atoms with Crippen molar-refractivity contribution in [1.29, 1.82) is 0 Å². The van der Waals surface area contributed by atoms with Gasteiger partial charge in [-0.3, -0.25) is 19.4 Å². The van der Waals surface area contributed by atoms with Crippen LogP contribution < -0.4 is 16.2 Å². The molecule has 8 heteroatoms. The van der Waals surface area contributed by atoms with E-state index in [0.29, 0.717) is 29.3 Å². The topological polar surface area (TPSA) is 106 Å². The molecular weight excluding hydrogens is 358 g/mol. The van der Waals surface area contributed by atoms with Gasteiger partial charge in [0.2, 0.25) is 11.8 Å². The van der Waals surface area contributed by atoms with E-state index < -0.39 is 6.04 Å². The van der Waals surface area contributed by atoms with Crippen molar-refractivity contribution in [3.8, 4) is 0 Å². The Labute approximate surface area is 160 Å². The van der Waals surface area contributed by atoms with Crippen LogP contribution >= 0.6 is 0 Å². The van der Waals surface area contributed by atoms with Gasteiger partial charge in [0.15, 0.2) is 0 Å². The summed E-state index contributed by atoms with van der Waals surface area (Å²) in [4.78, 5) is 40.5. The Hall–Kier alpha value is -3.55. The Morgan fingerprint density at radius 1 is 1.18 bits per heavy atom. The molecule has 0 saturated carbocycles. The molecule has 142 valence electrons. The SMILES string of the molecule is O=C1CCC(C(=O)NCc2nn(Cc3cccnc3)c(=O)c3ccccc23)N1. The van der Waals surface area contributed by atoms with Crippen LogP contribution in [-0.4, -0.2) is 32.6 Å². The Bertz CT molecular complexity index is 1090. The van der Waals surface area contributed by atoms with Gasteiger partial charge in [0.1, 0.15) is 6.04 Å². The lowest BCUT2D eigenvalue weighted by atomic mass is 10.1. The third-order valence-electron chi connectivity index (χ3n) is 4.74. The largest absolute Gasteiger partial charge is 0.349 e. The zero-order valence-electron chi connectivity index (χ0n) is 15.1. The molecule has 1 fully saturated rings. The lowest BCUT2D eigenvalue weighted by molar-refractivity contribution is -0.125. The number of nitrogens with zero attached hydrogens (tertiary/aromatic N) is 3. The highest BCUT2D eigenvalue weighted by Gasteiger charge is 2.27. The number of hydrogen-bond donors (Lipinski definition) is 2. The molecule has 0 aliphatic carbocycles. The van der Waals surface area contributed by atoms with Crippen molar-refractivity contribution in [3.63, 3.8) is 0 Å². The van der Waals surface area contributed by atoms with Crippen LogP contribution in [0.4, 0.5) is 0 Å². The van der Waals surface area contributed by atoms with Gasteiger partial charge in [0.25, 0.3) is 5.56 Å². The number of hydrogen-bond acceptors (Lipinski definition) is 5. The van der Waals surface area contributed by atoms with Crippen LogP contribution in [0, 0.1) is 0 Å². The molecule has 2 aromatic heterocycles. The van der Waals surface area contributed by atoms with Gasteiger partial charge in [-0.2, -0.15) is 5.10 Å². The summed E-state index contributed by atoms with van der Waals surface area (Å²) in [6.07, 6.45) is 4.20. The zero-order valence-corrected chi connectivity index (χ0v) is 15.1. The van der Waals surface area contributed by atoms with Crippen molar-refractivity contribution in [3.05, 3.63) is 70.4 Å². The molecule has 28 heavy (non-hydrogen) atoms. The fourth-order valence-corrected chi connectivity index (χ4v) is 3.31. The minimum atomic E-state index is -0.514. The van der Waals surface area contributed by atoms with Crippen LogP contribution in [0.2, 0.25) is 0 Å². The molecule has 1 unspecified atom stereocenters. The van der Waals surface area contributed by atoms with Crippen molar-refractivity contribution >= 4 is 22.6 Å². The smallest absolute Gasteiger partial charge is 0.274 e. The van der Waals surface area contributed by atoms with Gasteiger partial charge >= 0.3 is 0 Å². The Balaban J connectivity index is 1.63. The minimum absolute atomic E-state index is 0.117. The molecule has 8 nitrogen and oxygen atoms in total. The molecule has 2 N–H and O–H groups in total. The fraction of sp³-hybridized carbons (Fsp3) is 0.250. The minimum Gasteiger partial charge on any atom is -0.349 e. The predicted molar refractivity (Wildman–Crippen MR) is 102 cm³/mol. The predicted octanol–water partition coefficient (Wildman–Crippen LogP) is 0.735. The van der Waals surface area contributed by atoms with E-state index in [9.17, 15) is 14.4 Å². The molecule has 3 heterocycles. The van der Waals surface area contributed by atoms with Gasteiger partial charge in [0, 0.05) is 24.2 Å². The maximum absolute atomic E-state index is 12.8. The standard InChI is InChI=1S/C20H19N5O3/c26-18-8-7-16(23-18)19(27)22-11-17-14-5-1-2-6-15(14)20(28)25(24-17)12-13-4-3-9-21-10-13/h1-6,9-10,16H,7-8,11-12H2,(H,22,27)(H,23,26). The molecule has 4 rings (SSSR count). The number of fused-ring (bicyclic) bond motifs is 1. The number of carbonyl (C=O) groups is 2. The summed E-state index contributed by atoms with van der Waals surface area (Å²) in [6, 6.07) is 10.4. The summed E-state index contributed by atoms with van der Waals surface area (Å²) < 4.78 is 1.39. The number of amides is 2. The second-order valence-electron chi connectivity index (χ2n) is 6.69. The number of pyridine rings is 1. The number of nitrogens with one attached hydrogen (secondary N) is 2. The maximum atomic E-state index is 12.8. The number of aromatic nitrogens is 3. The second kappa shape index (κ2) is 7.59. The van der Waals surface area contributed by atoms with E-state index in [1.165, 1.54) is 4.68 Å². The summed E-state index contributed by atoms with van der Waals surface area (Å²) in [5.74, 6) is -0.365. The molecule has 1 aliphatic rings. The van der Waals surface area contributed by atoms with E-state index in [-0.39, 0.29) is 30.5 Å². The van der Waals surface area contributed by atoms with Gasteiger partial charge < -0.3 is 10.6 Å². The molecule has 1 saturated heterocycles. The number of rotatable bonds is 5. The van der Waals surface area contributed by atoms with Gasteiger partial charge in [-0.15, -0.1) is 0 Å². The summed E-state index contributed by atoms with van der Waals surface area (Å²) in [6.45, 7) is 0.455. The number of benzene rings is 1. The molecule has 0 radical (unpaired) electrons. The van der Waals surface area contributed by atoms with Crippen LogP contribution in [0.3, 0.4) is 0 Å². The molecule has 1 aliphatic heterocycles. The van der Waals surface area contributed by atoms with Crippen molar-refractivity contribution < 1.29 is 9.59 Å². The highest BCUT2D eigenvalue weighted by atomic mass is 16.2. The van der Waals surface area contributed by atoms with Gasteiger partial charge in [-0.25, -0.2) is 4.68 Å². The summed E-state index contributed by atoms with van der Waals surface area (Å²) in [7, 11) is 0.